The van der Waals surface area contributed by atoms with E-state index in [0.717, 1.165) is 73.1 Å². The van der Waals surface area contributed by atoms with E-state index in [4.69, 9.17) is 6.42 Å². The number of aromatic amines is 1. The van der Waals surface area contributed by atoms with Gasteiger partial charge in [-0.2, -0.15) is 5.10 Å². The molecule has 29 heavy (non-hydrogen) atoms. The first-order valence-corrected chi connectivity index (χ1v) is 10.2. The summed E-state index contributed by atoms with van der Waals surface area (Å²) in [6.45, 7) is 1.51. The average Bonchev–Trinajstić information content (AvgIpc) is 2.72. The fourth-order valence-corrected chi connectivity index (χ4v) is 3.77. The Morgan fingerprint density at radius 3 is 2.86 bits per heavy atom. The highest BCUT2D eigenvalue weighted by molar-refractivity contribution is 5.91. The van der Waals surface area contributed by atoms with Crippen molar-refractivity contribution in [3.8, 4) is 23.6 Å². The molecule has 1 aliphatic carbocycles. The second-order valence-electron chi connectivity index (χ2n) is 7.59. The Morgan fingerprint density at radius 2 is 2.07 bits per heavy atom. The van der Waals surface area contributed by atoms with Crippen LogP contribution in [-0.4, -0.2) is 41.1 Å². The summed E-state index contributed by atoms with van der Waals surface area (Å²) in [7, 11) is 1.98. The highest BCUT2D eigenvalue weighted by Gasteiger charge is 2.19. The van der Waals surface area contributed by atoms with Crippen molar-refractivity contribution in [3.63, 3.8) is 0 Å². The van der Waals surface area contributed by atoms with Gasteiger partial charge in [0.05, 0.1) is 12.2 Å². The number of fused-ring (bicyclic) bond motifs is 1. The molecule has 0 aliphatic heterocycles. The first-order valence-electron chi connectivity index (χ1n) is 10.2. The molecule has 0 bridgehead atoms. The third-order valence-electron chi connectivity index (χ3n) is 5.27. The minimum absolute atomic E-state index is 0.00166. The zero-order valence-electron chi connectivity index (χ0n) is 17.0. The minimum Gasteiger partial charge on any atom is -0.326 e. The third-order valence-corrected chi connectivity index (χ3v) is 5.27. The zero-order chi connectivity index (χ0) is 20.6. The van der Waals surface area contributed by atoms with E-state index in [9.17, 15) is 9.59 Å². The predicted molar refractivity (Wildman–Crippen MR) is 116 cm³/mol. The van der Waals surface area contributed by atoms with Gasteiger partial charge in [-0.25, -0.2) is 5.10 Å². The lowest BCUT2D eigenvalue weighted by Crippen LogP contribution is -2.21. The molecular formula is C23H28N4O2. The van der Waals surface area contributed by atoms with E-state index in [1.807, 2.05) is 31.3 Å². The number of aromatic nitrogens is 2. The molecule has 6 heteroatoms. The number of hydrogen-bond donors (Lipinski definition) is 2. The quantitative estimate of drug-likeness (QED) is 0.535. The molecule has 3 rings (SSSR count). The molecule has 2 aromatic rings. The van der Waals surface area contributed by atoms with Gasteiger partial charge in [-0.15, -0.1) is 6.42 Å². The summed E-state index contributed by atoms with van der Waals surface area (Å²) in [5.41, 5.74) is 4.28. The summed E-state index contributed by atoms with van der Waals surface area (Å²) in [6, 6.07) is 7.67. The Kier molecular flexibility index (Phi) is 7.20. The van der Waals surface area contributed by atoms with Crippen LogP contribution < -0.4 is 10.9 Å². The Bertz CT molecular complexity index is 958. The summed E-state index contributed by atoms with van der Waals surface area (Å²) < 4.78 is 0. The molecular weight excluding hydrogens is 364 g/mol. The number of carbonyl (C=O) groups is 1. The molecule has 0 saturated carbocycles. The Labute approximate surface area is 171 Å². The zero-order valence-corrected chi connectivity index (χ0v) is 17.0. The topological polar surface area (TPSA) is 78.1 Å². The number of rotatable bonds is 8. The van der Waals surface area contributed by atoms with E-state index in [2.05, 4.69) is 26.3 Å². The van der Waals surface area contributed by atoms with Crippen LogP contribution in [0.4, 0.5) is 5.69 Å². The van der Waals surface area contributed by atoms with Gasteiger partial charge in [-0.05, 0) is 69.8 Å². The SMILES string of the molecule is C#CCN(C)CCCCC(=O)Nc1cccc(-c2n[nH]c(=O)c3c2CCCC3)c1. The largest absolute Gasteiger partial charge is 0.326 e. The van der Waals surface area contributed by atoms with Gasteiger partial charge >= 0.3 is 0 Å². The second-order valence-corrected chi connectivity index (χ2v) is 7.59. The lowest BCUT2D eigenvalue weighted by atomic mass is 9.90. The van der Waals surface area contributed by atoms with Crippen molar-refractivity contribution in [2.24, 2.45) is 0 Å². The van der Waals surface area contributed by atoms with Crippen LogP contribution in [0.15, 0.2) is 29.1 Å². The second kappa shape index (κ2) is 10.0. The minimum atomic E-state index is -0.0826. The average molecular weight is 393 g/mol. The van der Waals surface area contributed by atoms with Gasteiger partial charge in [0.1, 0.15) is 0 Å². The van der Waals surface area contributed by atoms with E-state index in [-0.39, 0.29) is 11.5 Å². The first-order chi connectivity index (χ1) is 14.1. The molecule has 1 aromatic carbocycles. The van der Waals surface area contributed by atoms with Gasteiger partial charge in [0.2, 0.25) is 5.91 Å². The number of amides is 1. The normalized spacial score (nSPS) is 13.0. The molecule has 0 saturated heterocycles. The van der Waals surface area contributed by atoms with Crippen LogP contribution in [0.3, 0.4) is 0 Å². The van der Waals surface area contributed by atoms with E-state index in [1.54, 1.807) is 0 Å². The standard InChI is InChI=1S/C23H28N4O2/c1-3-14-27(2)15-7-6-13-21(28)24-18-10-8-9-17(16-18)22-19-11-4-5-12-20(19)23(29)26-25-22/h1,8-10,16H,4-7,11-15H2,2H3,(H,24,28)(H,26,29). The molecule has 0 spiro atoms. The molecule has 152 valence electrons. The van der Waals surface area contributed by atoms with Crippen LogP contribution in [-0.2, 0) is 17.6 Å². The predicted octanol–water partition coefficient (Wildman–Crippen LogP) is 2.99. The van der Waals surface area contributed by atoms with Gasteiger partial charge in [0.15, 0.2) is 0 Å². The lowest BCUT2D eigenvalue weighted by molar-refractivity contribution is -0.116. The van der Waals surface area contributed by atoms with Gasteiger partial charge in [-0.3, -0.25) is 14.5 Å². The number of terminal acetylenes is 1. The van der Waals surface area contributed by atoms with E-state index < -0.39 is 0 Å². The Morgan fingerprint density at radius 1 is 1.28 bits per heavy atom. The van der Waals surface area contributed by atoms with Crippen molar-refractivity contribution in [1.82, 2.24) is 15.1 Å². The maximum absolute atomic E-state index is 12.3. The maximum Gasteiger partial charge on any atom is 0.267 e. The molecule has 0 atom stereocenters. The van der Waals surface area contributed by atoms with Crippen LogP contribution in [0.25, 0.3) is 11.3 Å². The monoisotopic (exact) mass is 392 g/mol. The Balaban J connectivity index is 1.63. The molecule has 2 N–H and O–H groups in total. The summed E-state index contributed by atoms with van der Waals surface area (Å²) >= 11 is 0. The number of anilines is 1. The number of nitrogens with zero attached hydrogens (tertiary/aromatic N) is 2. The number of nitrogens with one attached hydrogen (secondary N) is 2. The van der Waals surface area contributed by atoms with E-state index >= 15 is 0 Å². The number of unbranched alkanes of at least 4 members (excludes halogenated alkanes) is 1. The van der Waals surface area contributed by atoms with E-state index in [1.165, 1.54) is 0 Å². The van der Waals surface area contributed by atoms with Gasteiger partial charge in [-0.1, -0.05) is 18.1 Å². The summed E-state index contributed by atoms with van der Waals surface area (Å²) in [5, 5.41) is 9.91. The van der Waals surface area contributed by atoms with Crippen molar-refractivity contribution in [1.29, 1.82) is 0 Å². The van der Waals surface area contributed by atoms with Crippen LogP contribution >= 0.6 is 0 Å². The van der Waals surface area contributed by atoms with Gasteiger partial charge in [0.25, 0.3) is 5.56 Å². The summed E-state index contributed by atoms with van der Waals surface area (Å²) in [4.78, 5) is 26.4. The molecule has 6 nitrogen and oxygen atoms in total. The van der Waals surface area contributed by atoms with Crippen molar-refractivity contribution in [2.45, 2.75) is 44.9 Å². The molecule has 1 aliphatic rings. The lowest BCUT2D eigenvalue weighted by Gasteiger charge is -2.17. The first kappa shape index (κ1) is 20.8. The van der Waals surface area contributed by atoms with Crippen molar-refractivity contribution in [3.05, 3.63) is 45.7 Å². The molecule has 0 unspecified atom stereocenters. The van der Waals surface area contributed by atoms with Crippen LogP contribution in [0.2, 0.25) is 0 Å². The maximum atomic E-state index is 12.3. The highest BCUT2D eigenvalue weighted by Crippen LogP contribution is 2.29. The molecule has 1 amide bonds. The smallest absolute Gasteiger partial charge is 0.267 e. The van der Waals surface area contributed by atoms with Gasteiger partial charge in [0, 0.05) is 23.2 Å². The number of carbonyl (C=O) groups excluding carboxylic acids is 1. The van der Waals surface area contributed by atoms with Crippen molar-refractivity contribution >= 4 is 11.6 Å². The molecule has 0 fully saturated rings. The van der Waals surface area contributed by atoms with Crippen LogP contribution in [0, 0.1) is 12.3 Å². The number of benzene rings is 1. The van der Waals surface area contributed by atoms with Gasteiger partial charge < -0.3 is 5.32 Å². The fraction of sp³-hybridized carbons (Fsp3) is 0.435. The summed E-state index contributed by atoms with van der Waals surface area (Å²) in [5.74, 6) is 2.61. The molecule has 0 radical (unpaired) electrons. The van der Waals surface area contributed by atoms with Crippen molar-refractivity contribution in [2.75, 3.05) is 25.5 Å². The molecule has 1 heterocycles. The highest BCUT2D eigenvalue weighted by atomic mass is 16.1. The van der Waals surface area contributed by atoms with Crippen LogP contribution in [0.5, 0.6) is 0 Å². The number of H-pyrrole nitrogens is 1. The van der Waals surface area contributed by atoms with Crippen LogP contribution in [0.1, 0.15) is 43.2 Å². The number of hydrogen-bond acceptors (Lipinski definition) is 4. The summed E-state index contributed by atoms with van der Waals surface area (Å²) in [6.07, 6.45) is 11.3. The van der Waals surface area contributed by atoms with E-state index in [0.29, 0.717) is 13.0 Å². The van der Waals surface area contributed by atoms with Crippen molar-refractivity contribution < 1.29 is 4.79 Å². The third kappa shape index (κ3) is 5.55. The molecule has 1 aromatic heterocycles. The Hall–Kier alpha value is -2.91. The fourth-order valence-electron chi connectivity index (χ4n) is 3.77.